The van der Waals surface area contributed by atoms with Crippen LogP contribution in [0.3, 0.4) is 0 Å². The van der Waals surface area contributed by atoms with Crippen LogP contribution in [0, 0.1) is 0 Å². The minimum Gasteiger partial charge on any atom is -0.359 e. The monoisotopic (exact) mass is 328 g/mol. The summed E-state index contributed by atoms with van der Waals surface area (Å²) in [6, 6.07) is 1.83. The molecule has 0 aromatic carbocycles. The molecule has 1 aromatic rings. The van der Waals surface area contributed by atoms with Crippen molar-refractivity contribution in [2.24, 2.45) is 4.99 Å². The van der Waals surface area contributed by atoms with Gasteiger partial charge in [-0.25, -0.2) is 0 Å². The predicted molar refractivity (Wildman–Crippen MR) is 87.9 cm³/mol. The number of aliphatic imine (C=N–C) groups is 1. The summed E-state index contributed by atoms with van der Waals surface area (Å²) in [5.74, 6) is 0.617. The maximum Gasteiger partial charge on any atom is 0.248 e. The third-order valence-electron chi connectivity index (χ3n) is 3.99. The van der Waals surface area contributed by atoms with Crippen LogP contribution < -0.4 is 5.32 Å². The topological polar surface area (TPSA) is 87.8 Å². The number of nitrogens with one attached hydrogen (secondary N) is 1. The van der Waals surface area contributed by atoms with Crippen LogP contribution >= 0.6 is 0 Å². The Morgan fingerprint density at radius 3 is 3.08 bits per heavy atom. The number of carbonyl (C=O) groups is 2. The molecule has 0 aliphatic carbocycles. The molecule has 0 spiro atoms. The van der Waals surface area contributed by atoms with E-state index < -0.39 is 5.54 Å². The average Bonchev–Trinajstić information content (AvgIpc) is 3.00. The van der Waals surface area contributed by atoms with E-state index in [4.69, 9.17) is 4.52 Å². The van der Waals surface area contributed by atoms with Gasteiger partial charge in [0.2, 0.25) is 11.8 Å². The molecular weight excluding hydrogens is 308 g/mol. The lowest BCUT2D eigenvalue weighted by Crippen LogP contribution is -2.52. The number of amidine groups is 1. The van der Waals surface area contributed by atoms with Gasteiger partial charge in [0.25, 0.3) is 0 Å². The second-order valence-electron chi connectivity index (χ2n) is 6.10. The number of rotatable bonds is 5. The maximum atomic E-state index is 12.6. The van der Waals surface area contributed by atoms with E-state index in [1.165, 1.54) is 4.90 Å². The molecule has 2 aliphatic heterocycles. The summed E-state index contributed by atoms with van der Waals surface area (Å²) >= 11 is 0. The van der Waals surface area contributed by atoms with Crippen molar-refractivity contribution < 1.29 is 14.1 Å². The minimum absolute atomic E-state index is 0.0258. The highest BCUT2D eigenvalue weighted by Crippen LogP contribution is 2.25. The van der Waals surface area contributed by atoms with Crippen molar-refractivity contribution in [3.05, 3.63) is 41.9 Å². The molecule has 7 nitrogen and oxygen atoms in total. The molecule has 1 atom stereocenters. The molecular formula is C17H20N4O3. The van der Waals surface area contributed by atoms with Gasteiger partial charge in [0.1, 0.15) is 11.4 Å². The van der Waals surface area contributed by atoms with Crippen LogP contribution in [0.15, 0.2) is 40.0 Å². The summed E-state index contributed by atoms with van der Waals surface area (Å²) in [6.07, 6.45) is 8.77. The van der Waals surface area contributed by atoms with Crippen LogP contribution in [-0.4, -0.2) is 33.2 Å². The quantitative estimate of drug-likeness (QED) is 0.891. The van der Waals surface area contributed by atoms with E-state index in [0.717, 1.165) is 18.5 Å². The first kappa shape index (κ1) is 16.2. The van der Waals surface area contributed by atoms with Gasteiger partial charge in [0.15, 0.2) is 5.76 Å². The highest BCUT2D eigenvalue weighted by atomic mass is 16.5. The van der Waals surface area contributed by atoms with Gasteiger partial charge in [-0.2, -0.15) is 0 Å². The largest absolute Gasteiger partial charge is 0.359 e. The summed E-state index contributed by atoms with van der Waals surface area (Å²) in [5.41, 5.74) is -0.249. The highest BCUT2D eigenvalue weighted by Gasteiger charge is 2.41. The lowest BCUT2D eigenvalue weighted by molar-refractivity contribution is -0.134. The molecule has 0 saturated heterocycles. The molecule has 24 heavy (non-hydrogen) atoms. The number of fused-ring (bicyclic) bond motifs is 1. The fraction of sp³-hybridized carbons (Fsp3) is 0.412. The summed E-state index contributed by atoms with van der Waals surface area (Å²) in [6.45, 7) is 3.96. The SMILES string of the molecule is CCCc1cc(CNC(=O)C2(C)CC(=O)N3C=CC=CC3=N2)on1. The van der Waals surface area contributed by atoms with Crippen molar-refractivity contribution in [2.45, 2.75) is 45.2 Å². The van der Waals surface area contributed by atoms with E-state index in [-0.39, 0.29) is 24.8 Å². The molecule has 2 amide bonds. The Hall–Kier alpha value is -2.70. The van der Waals surface area contributed by atoms with Gasteiger partial charge < -0.3 is 9.84 Å². The first-order valence-electron chi connectivity index (χ1n) is 8.01. The number of carbonyl (C=O) groups excluding carboxylic acids is 2. The van der Waals surface area contributed by atoms with Crippen molar-refractivity contribution in [1.82, 2.24) is 15.4 Å². The number of aryl methyl sites for hydroxylation is 1. The molecule has 3 rings (SSSR count). The average molecular weight is 328 g/mol. The number of hydrogen-bond donors (Lipinski definition) is 1. The Kier molecular flexibility index (Phi) is 4.33. The third kappa shape index (κ3) is 3.15. The summed E-state index contributed by atoms with van der Waals surface area (Å²) in [7, 11) is 0. The van der Waals surface area contributed by atoms with E-state index >= 15 is 0 Å². The molecule has 0 fully saturated rings. The summed E-state index contributed by atoms with van der Waals surface area (Å²) in [4.78, 5) is 30.7. The third-order valence-corrected chi connectivity index (χ3v) is 3.99. The number of amides is 2. The Labute approximate surface area is 140 Å². The van der Waals surface area contributed by atoms with E-state index in [1.54, 1.807) is 31.4 Å². The Balaban J connectivity index is 1.68. The van der Waals surface area contributed by atoms with Crippen molar-refractivity contribution in [2.75, 3.05) is 0 Å². The molecule has 0 saturated carbocycles. The van der Waals surface area contributed by atoms with Gasteiger partial charge in [0.05, 0.1) is 18.7 Å². The Bertz CT molecular complexity index is 747. The fourth-order valence-corrected chi connectivity index (χ4v) is 2.71. The second kappa shape index (κ2) is 6.43. The van der Waals surface area contributed by atoms with Gasteiger partial charge in [-0.1, -0.05) is 24.6 Å². The normalized spacial score (nSPS) is 22.3. The fourth-order valence-electron chi connectivity index (χ4n) is 2.71. The van der Waals surface area contributed by atoms with E-state index in [0.29, 0.717) is 11.6 Å². The lowest BCUT2D eigenvalue weighted by Gasteiger charge is -2.33. The van der Waals surface area contributed by atoms with Gasteiger partial charge in [-0.15, -0.1) is 0 Å². The summed E-state index contributed by atoms with van der Waals surface area (Å²) in [5, 5.41) is 6.74. The molecule has 0 bridgehead atoms. The zero-order chi connectivity index (χ0) is 17.2. The van der Waals surface area contributed by atoms with Crippen molar-refractivity contribution in [3.63, 3.8) is 0 Å². The van der Waals surface area contributed by atoms with E-state index in [1.807, 2.05) is 6.07 Å². The summed E-state index contributed by atoms with van der Waals surface area (Å²) < 4.78 is 5.20. The zero-order valence-corrected chi connectivity index (χ0v) is 13.8. The zero-order valence-electron chi connectivity index (χ0n) is 13.8. The smallest absolute Gasteiger partial charge is 0.248 e. The van der Waals surface area contributed by atoms with Gasteiger partial charge in [0, 0.05) is 12.3 Å². The van der Waals surface area contributed by atoms with Crippen molar-refractivity contribution >= 4 is 17.6 Å². The molecule has 126 valence electrons. The van der Waals surface area contributed by atoms with Crippen LogP contribution in [0.4, 0.5) is 0 Å². The van der Waals surface area contributed by atoms with Crippen LogP contribution in [0.5, 0.6) is 0 Å². The molecule has 3 heterocycles. The highest BCUT2D eigenvalue weighted by molar-refractivity contribution is 6.11. The first-order chi connectivity index (χ1) is 11.5. The Morgan fingerprint density at radius 2 is 2.29 bits per heavy atom. The number of allylic oxidation sites excluding steroid dienone is 2. The molecule has 2 aliphatic rings. The van der Waals surface area contributed by atoms with Crippen molar-refractivity contribution in [1.29, 1.82) is 0 Å². The van der Waals surface area contributed by atoms with Crippen LogP contribution in [0.25, 0.3) is 0 Å². The lowest BCUT2D eigenvalue weighted by atomic mass is 9.94. The van der Waals surface area contributed by atoms with Crippen molar-refractivity contribution in [3.8, 4) is 0 Å². The number of hydrogen-bond acceptors (Lipinski definition) is 5. The maximum absolute atomic E-state index is 12.6. The van der Waals surface area contributed by atoms with Crippen LogP contribution in [0.2, 0.25) is 0 Å². The van der Waals surface area contributed by atoms with Gasteiger partial charge in [-0.05, 0) is 25.5 Å². The molecule has 0 radical (unpaired) electrons. The minimum atomic E-state index is -1.12. The Morgan fingerprint density at radius 1 is 1.46 bits per heavy atom. The number of nitrogens with zero attached hydrogens (tertiary/aromatic N) is 3. The van der Waals surface area contributed by atoms with E-state index in [9.17, 15) is 9.59 Å². The standard InChI is InChI=1S/C17H20N4O3/c1-3-6-12-9-13(24-20-12)11-18-16(23)17(2)10-15(22)21-8-5-4-7-14(21)19-17/h4-5,7-9H,3,6,10-11H2,1-2H3,(H,18,23). The molecule has 1 unspecified atom stereocenters. The first-order valence-corrected chi connectivity index (χ1v) is 8.01. The van der Waals surface area contributed by atoms with E-state index in [2.05, 4.69) is 22.4 Å². The second-order valence-corrected chi connectivity index (χ2v) is 6.10. The molecule has 1 N–H and O–H groups in total. The van der Waals surface area contributed by atoms with Crippen LogP contribution in [-0.2, 0) is 22.6 Å². The number of aromatic nitrogens is 1. The van der Waals surface area contributed by atoms with Gasteiger partial charge in [-0.3, -0.25) is 19.5 Å². The van der Waals surface area contributed by atoms with Gasteiger partial charge >= 0.3 is 0 Å². The molecule has 1 aromatic heterocycles. The molecule has 7 heteroatoms. The predicted octanol–water partition coefficient (Wildman–Crippen LogP) is 1.72. The van der Waals surface area contributed by atoms with Crippen LogP contribution in [0.1, 0.15) is 38.1 Å².